The van der Waals surface area contributed by atoms with E-state index in [0.717, 1.165) is 4.90 Å². The molecule has 0 aromatic heterocycles. The van der Waals surface area contributed by atoms with Crippen LogP contribution in [0.15, 0.2) is 53.5 Å². The summed E-state index contributed by atoms with van der Waals surface area (Å²) in [7, 11) is 0. The number of carboxylic acid groups (broad SMARTS) is 1. The molecule has 0 radical (unpaired) electrons. The van der Waals surface area contributed by atoms with Crippen molar-refractivity contribution in [3.8, 4) is 0 Å². The molecule has 3 rings (SSSR count). The Labute approximate surface area is 241 Å². The number of nitrogen functional groups attached to an aromatic ring is 1. The first-order valence-electron chi connectivity index (χ1n) is 12.9. The number of rotatable bonds is 12. The number of ketones is 1. The number of guanidine groups is 1. The van der Waals surface area contributed by atoms with Crippen molar-refractivity contribution in [2.75, 3.05) is 26.2 Å². The quantitative estimate of drug-likeness (QED) is 0.0719. The minimum atomic E-state index is -1.91. The molecule has 2 aromatic carbocycles. The van der Waals surface area contributed by atoms with Crippen LogP contribution in [0.2, 0.25) is 0 Å². The highest BCUT2D eigenvalue weighted by molar-refractivity contribution is 6.11. The lowest BCUT2D eigenvalue weighted by atomic mass is 9.84. The number of piperazine rings is 1. The Morgan fingerprint density at radius 1 is 0.952 bits per heavy atom. The van der Waals surface area contributed by atoms with Gasteiger partial charge in [0.05, 0.1) is 5.69 Å². The molecule has 0 aliphatic carbocycles. The molecule has 222 valence electrons. The zero-order valence-electron chi connectivity index (χ0n) is 22.9. The van der Waals surface area contributed by atoms with Crippen molar-refractivity contribution in [2.45, 2.75) is 25.3 Å². The molecule has 2 aromatic rings. The van der Waals surface area contributed by atoms with E-state index in [-0.39, 0.29) is 49.8 Å². The lowest BCUT2D eigenvalue weighted by Crippen LogP contribution is -2.73. The number of Topliss-reactive ketones (excluding diaryl/α,β-unsaturated/α-hetero) is 1. The predicted octanol–water partition coefficient (Wildman–Crippen LogP) is -0.713. The fourth-order valence-electron chi connectivity index (χ4n) is 4.59. The van der Waals surface area contributed by atoms with E-state index in [1.54, 1.807) is 12.1 Å². The van der Waals surface area contributed by atoms with Crippen molar-refractivity contribution in [2.24, 2.45) is 22.2 Å². The number of amides is 3. The van der Waals surface area contributed by atoms with Gasteiger partial charge in [0.1, 0.15) is 12.4 Å². The molecule has 15 heteroatoms. The number of aliphatic carboxylic acids is 1. The van der Waals surface area contributed by atoms with Gasteiger partial charge in [-0.2, -0.15) is 5.01 Å². The first kappa shape index (κ1) is 31.2. The molecule has 15 nitrogen and oxygen atoms in total. The highest BCUT2D eigenvalue weighted by Gasteiger charge is 2.53. The number of carbonyl (C=O) groups excluding carboxylic acids is 4. The summed E-state index contributed by atoms with van der Waals surface area (Å²) in [6.07, 6.45) is 0.0221. The first-order valence-corrected chi connectivity index (χ1v) is 12.9. The standard InChI is InChI=1S/C27H33N9O6/c1-16(37)27(11-2-12-32-23(40)18-7-9-20(10-8-18)33-26(30)31)25(42)35(15-21(38)39)13-14-36(27)34-24(41)19-5-3-17(4-6-19)22(28)29/h3-10H,2,11-15H2,1H3,(H3,28,29)(H,32,40)(H,34,41)(H,38,39)(H4,30,31,33). The maximum absolute atomic E-state index is 13.6. The van der Waals surface area contributed by atoms with Crippen LogP contribution >= 0.6 is 0 Å². The zero-order valence-corrected chi connectivity index (χ0v) is 22.9. The van der Waals surface area contributed by atoms with E-state index >= 15 is 0 Å². The monoisotopic (exact) mass is 579 g/mol. The Hall–Kier alpha value is -5.31. The molecule has 10 N–H and O–H groups in total. The second-order valence-electron chi connectivity index (χ2n) is 9.56. The summed E-state index contributed by atoms with van der Waals surface area (Å²) in [5, 5.41) is 20.8. The third-order valence-corrected chi connectivity index (χ3v) is 6.69. The first-order chi connectivity index (χ1) is 19.8. The number of nitrogens with two attached hydrogens (primary N) is 3. The fourth-order valence-corrected chi connectivity index (χ4v) is 4.59. The fraction of sp³-hybridized carbons (Fsp3) is 0.296. The molecule has 0 bridgehead atoms. The summed E-state index contributed by atoms with van der Waals surface area (Å²) >= 11 is 0. The highest BCUT2D eigenvalue weighted by Crippen LogP contribution is 2.28. The van der Waals surface area contributed by atoms with Gasteiger partial charge in [0.15, 0.2) is 17.3 Å². The van der Waals surface area contributed by atoms with Crippen LogP contribution in [-0.2, 0) is 14.4 Å². The third-order valence-electron chi connectivity index (χ3n) is 6.69. The van der Waals surface area contributed by atoms with Gasteiger partial charge in [-0.25, -0.2) is 4.99 Å². The van der Waals surface area contributed by atoms with E-state index in [1.807, 2.05) is 0 Å². The predicted molar refractivity (Wildman–Crippen MR) is 153 cm³/mol. The molecular formula is C27H33N9O6. The number of hydrazine groups is 1. The van der Waals surface area contributed by atoms with E-state index < -0.39 is 41.6 Å². The third kappa shape index (κ3) is 7.25. The summed E-state index contributed by atoms with van der Waals surface area (Å²) in [5.41, 5.74) is 18.3. The Morgan fingerprint density at radius 2 is 1.52 bits per heavy atom. The molecular weight excluding hydrogens is 546 g/mol. The number of carboxylic acids is 1. The van der Waals surface area contributed by atoms with Crippen LogP contribution in [0.5, 0.6) is 0 Å². The van der Waals surface area contributed by atoms with Crippen molar-refractivity contribution in [1.82, 2.24) is 20.7 Å². The topological polar surface area (TPSA) is 250 Å². The van der Waals surface area contributed by atoms with Gasteiger partial charge in [-0.3, -0.25) is 34.8 Å². The lowest BCUT2D eigenvalue weighted by Gasteiger charge is -2.47. The number of nitrogens with one attached hydrogen (secondary N) is 3. The number of amidine groups is 1. The Morgan fingerprint density at radius 3 is 2.07 bits per heavy atom. The van der Waals surface area contributed by atoms with Gasteiger partial charge in [-0.1, -0.05) is 12.1 Å². The maximum atomic E-state index is 13.6. The molecule has 0 spiro atoms. The summed E-state index contributed by atoms with van der Waals surface area (Å²) in [6.45, 7) is 0.582. The molecule has 1 heterocycles. The minimum Gasteiger partial charge on any atom is -0.480 e. The molecule has 1 unspecified atom stereocenters. The van der Waals surface area contributed by atoms with Gasteiger partial charge in [-0.15, -0.1) is 0 Å². The van der Waals surface area contributed by atoms with Crippen molar-refractivity contribution in [1.29, 1.82) is 5.41 Å². The number of benzene rings is 2. The van der Waals surface area contributed by atoms with Crippen LogP contribution in [0.1, 0.15) is 46.0 Å². The maximum Gasteiger partial charge on any atom is 0.323 e. The summed E-state index contributed by atoms with van der Waals surface area (Å²) < 4.78 is 0. The van der Waals surface area contributed by atoms with E-state index in [2.05, 4.69) is 15.7 Å². The normalized spacial score (nSPS) is 16.8. The van der Waals surface area contributed by atoms with Gasteiger partial charge in [0, 0.05) is 36.3 Å². The molecule has 42 heavy (non-hydrogen) atoms. The van der Waals surface area contributed by atoms with Crippen molar-refractivity contribution >= 4 is 47.0 Å². The van der Waals surface area contributed by atoms with E-state index in [9.17, 15) is 29.1 Å². The van der Waals surface area contributed by atoms with Gasteiger partial charge >= 0.3 is 5.97 Å². The molecule has 1 saturated heterocycles. The van der Waals surface area contributed by atoms with Crippen molar-refractivity contribution in [3.63, 3.8) is 0 Å². The Balaban J connectivity index is 1.77. The Bertz CT molecular complexity index is 1400. The highest BCUT2D eigenvalue weighted by atomic mass is 16.4. The van der Waals surface area contributed by atoms with Crippen LogP contribution < -0.4 is 27.9 Å². The van der Waals surface area contributed by atoms with Crippen LogP contribution in [0.3, 0.4) is 0 Å². The number of carbonyl (C=O) groups is 5. The summed E-state index contributed by atoms with van der Waals surface area (Å²) in [4.78, 5) is 68.8. The van der Waals surface area contributed by atoms with Gasteiger partial charge in [0.25, 0.3) is 17.7 Å². The van der Waals surface area contributed by atoms with Crippen LogP contribution in [-0.4, -0.2) is 88.0 Å². The lowest BCUT2D eigenvalue weighted by molar-refractivity contribution is -0.165. The number of nitrogens with zero attached hydrogens (tertiary/aromatic N) is 3. The molecule has 1 aliphatic rings. The Kier molecular flexibility index (Phi) is 9.93. The SMILES string of the molecule is CC(=O)C1(CCCNC(=O)c2ccc(N=C(N)N)cc2)C(=O)N(CC(=O)O)CCN1NC(=O)c1ccc(C(=N)N)cc1. The van der Waals surface area contributed by atoms with E-state index in [0.29, 0.717) is 16.8 Å². The van der Waals surface area contributed by atoms with E-state index in [1.165, 1.54) is 48.3 Å². The molecule has 1 aliphatic heterocycles. The molecule has 0 saturated carbocycles. The minimum absolute atomic E-state index is 0.0234. The molecule has 3 amide bonds. The number of aliphatic imine (C=N–C) groups is 1. The number of hydrogen-bond acceptors (Lipinski definition) is 8. The summed E-state index contributed by atoms with van der Waals surface area (Å²) in [5.74, 6) is -3.94. The average molecular weight is 580 g/mol. The smallest absolute Gasteiger partial charge is 0.323 e. The van der Waals surface area contributed by atoms with Gasteiger partial charge in [-0.05, 0) is 56.2 Å². The second-order valence-corrected chi connectivity index (χ2v) is 9.56. The molecule has 1 fully saturated rings. The zero-order chi connectivity index (χ0) is 31.0. The van der Waals surface area contributed by atoms with Gasteiger partial charge < -0.3 is 32.5 Å². The number of hydrogen-bond donors (Lipinski definition) is 7. The second kappa shape index (κ2) is 13.4. The van der Waals surface area contributed by atoms with Crippen LogP contribution in [0.4, 0.5) is 5.69 Å². The largest absolute Gasteiger partial charge is 0.480 e. The van der Waals surface area contributed by atoms with Crippen LogP contribution in [0.25, 0.3) is 0 Å². The van der Waals surface area contributed by atoms with Crippen LogP contribution in [0, 0.1) is 5.41 Å². The average Bonchev–Trinajstić information content (AvgIpc) is 2.93. The van der Waals surface area contributed by atoms with Crippen molar-refractivity contribution < 1.29 is 29.1 Å². The van der Waals surface area contributed by atoms with E-state index in [4.69, 9.17) is 22.6 Å². The van der Waals surface area contributed by atoms with Crippen molar-refractivity contribution in [3.05, 3.63) is 65.2 Å². The van der Waals surface area contributed by atoms with Gasteiger partial charge in [0.2, 0.25) is 0 Å². The summed E-state index contributed by atoms with van der Waals surface area (Å²) in [6, 6.07) is 12.1. The molecule has 1 atom stereocenters.